The number of quaternary nitrogens is 2. The molecule has 2 aromatic rings. The number of esters is 2. The van der Waals surface area contributed by atoms with Crippen molar-refractivity contribution in [3.63, 3.8) is 0 Å². The Kier molecular flexibility index (Phi) is 30.6. The van der Waals surface area contributed by atoms with Gasteiger partial charge in [0.15, 0.2) is 13.1 Å². The molecule has 0 aliphatic heterocycles. The first-order valence-corrected chi connectivity index (χ1v) is 21.6. The highest BCUT2D eigenvalue weighted by Crippen LogP contribution is 2.25. The van der Waals surface area contributed by atoms with Gasteiger partial charge in [0.25, 0.3) is 0 Å². The van der Waals surface area contributed by atoms with Crippen molar-refractivity contribution in [2.75, 3.05) is 65.6 Å². The van der Waals surface area contributed by atoms with Crippen molar-refractivity contribution in [1.29, 1.82) is 0 Å². The highest BCUT2D eigenvalue weighted by atomic mass is 35.5. The van der Waals surface area contributed by atoms with Crippen LogP contribution in [0.15, 0.2) is 58.5 Å². The van der Waals surface area contributed by atoms with E-state index in [1.54, 1.807) is 0 Å². The zero-order valence-electron chi connectivity index (χ0n) is 35.9. The lowest BCUT2D eigenvalue weighted by molar-refractivity contribution is -0.145. The molecule has 0 atom stereocenters. The third kappa shape index (κ3) is 20.1. The van der Waals surface area contributed by atoms with Crippen molar-refractivity contribution in [2.45, 2.75) is 131 Å². The molecule has 0 fully saturated rings. The molecule has 0 unspecified atom stereocenters. The highest BCUT2D eigenvalue weighted by molar-refractivity contribution is 5.82. The van der Waals surface area contributed by atoms with E-state index in [4.69, 9.17) is 9.47 Å². The third-order valence-electron chi connectivity index (χ3n) is 11.0. The van der Waals surface area contributed by atoms with Gasteiger partial charge in [0.1, 0.15) is 11.4 Å². The van der Waals surface area contributed by atoms with E-state index in [1.807, 2.05) is 12.4 Å². The first-order valence-electron chi connectivity index (χ1n) is 21.6. The minimum atomic E-state index is -0.120. The third-order valence-corrected chi connectivity index (χ3v) is 11.0. The van der Waals surface area contributed by atoms with Gasteiger partial charge in [-0.05, 0) is 100 Å². The van der Waals surface area contributed by atoms with E-state index in [9.17, 15) is 9.59 Å². The number of nitrogens with zero attached hydrogens (tertiary/aromatic N) is 4. The first-order chi connectivity index (χ1) is 26.3. The summed E-state index contributed by atoms with van der Waals surface area (Å²) in [5, 5.41) is 0. The molecule has 0 saturated carbocycles. The minimum Gasteiger partial charge on any atom is -1.00 e. The van der Waals surface area contributed by atoms with Crippen LogP contribution in [0.3, 0.4) is 0 Å². The van der Waals surface area contributed by atoms with Crippen LogP contribution in [0.4, 0.5) is 11.4 Å². The van der Waals surface area contributed by atoms with Gasteiger partial charge in [-0.2, -0.15) is 0 Å². The average Bonchev–Trinajstić information content (AvgIpc) is 3.20. The van der Waals surface area contributed by atoms with Crippen LogP contribution in [-0.4, -0.2) is 89.9 Å². The molecule has 0 saturated heterocycles. The quantitative estimate of drug-likeness (QED) is 0.0486. The molecule has 0 N–H and O–H groups in total. The molecule has 2 aromatic carbocycles. The number of benzene rings is 2. The van der Waals surface area contributed by atoms with Crippen LogP contribution in [-0.2, 0) is 19.1 Å². The smallest absolute Gasteiger partial charge is 0.362 e. The number of hydrogen-bond acceptors (Lipinski definition) is 6. The summed E-state index contributed by atoms with van der Waals surface area (Å²) in [6.45, 7) is 19.2. The van der Waals surface area contributed by atoms with E-state index >= 15 is 0 Å². The normalized spacial score (nSPS) is 11.8. The maximum atomic E-state index is 12.8. The van der Waals surface area contributed by atoms with Crippen molar-refractivity contribution >= 4 is 35.7 Å². The summed E-state index contributed by atoms with van der Waals surface area (Å²) in [4.78, 5) is 34.8. The van der Waals surface area contributed by atoms with Gasteiger partial charge in [-0.1, -0.05) is 90.9 Å². The fourth-order valence-electron chi connectivity index (χ4n) is 7.09. The summed E-state index contributed by atoms with van der Waals surface area (Å²) >= 11 is 0. The molecule has 8 nitrogen and oxygen atoms in total. The van der Waals surface area contributed by atoms with Gasteiger partial charge in [0.2, 0.25) is 0 Å². The lowest BCUT2D eigenvalue weighted by atomic mass is 10.1. The van der Waals surface area contributed by atoms with Gasteiger partial charge >= 0.3 is 11.9 Å². The maximum absolute atomic E-state index is 12.8. The number of aliphatic imine (C=N–C) groups is 2. The highest BCUT2D eigenvalue weighted by Gasteiger charge is 2.31. The van der Waals surface area contributed by atoms with Crippen LogP contribution < -0.4 is 33.8 Å². The lowest BCUT2D eigenvalue weighted by Gasteiger charge is -2.35. The molecule has 0 heterocycles. The molecule has 0 aliphatic rings. The molecular weight excluding hydrogens is 743 g/mol. The minimum absolute atomic E-state index is 0. The van der Waals surface area contributed by atoms with Crippen molar-refractivity contribution < 1.29 is 43.9 Å². The van der Waals surface area contributed by atoms with Crippen LogP contribution in [0.1, 0.15) is 143 Å². The average molecular weight is 820 g/mol. The van der Waals surface area contributed by atoms with E-state index in [0.29, 0.717) is 48.4 Å². The Balaban J connectivity index is 0.0000151. The molecule has 2 rings (SSSR count). The van der Waals surface area contributed by atoms with E-state index in [0.717, 1.165) is 74.4 Å². The number of ether oxygens (including phenoxy) is 2. The molecule has 0 bridgehead atoms. The summed E-state index contributed by atoms with van der Waals surface area (Å²) in [6.07, 6.45) is 20.7. The van der Waals surface area contributed by atoms with Crippen LogP contribution in [0.2, 0.25) is 0 Å². The number of halogens is 2. The van der Waals surface area contributed by atoms with Crippen LogP contribution in [0.5, 0.6) is 0 Å². The largest absolute Gasteiger partial charge is 1.00 e. The molecule has 56 heavy (non-hydrogen) atoms. The lowest BCUT2D eigenvalue weighted by Crippen LogP contribution is -3.00. The fraction of sp³-hybridized carbons (Fsp3) is 0.652. The Morgan fingerprint density at radius 1 is 0.482 bits per heavy atom. The van der Waals surface area contributed by atoms with Crippen molar-refractivity contribution in [3.05, 3.63) is 59.7 Å². The van der Waals surface area contributed by atoms with Crippen molar-refractivity contribution in [3.8, 4) is 0 Å². The Hall–Kier alpha value is -2.78. The number of unbranched alkanes of at least 4 members (excludes halogenated alkanes) is 12. The summed E-state index contributed by atoms with van der Waals surface area (Å²) < 4.78 is 12.4. The summed E-state index contributed by atoms with van der Waals surface area (Å²) in [6, 6.07) is 16.8. The van der Waals surface area contributed by atoms with Gasteiger partial charge in [0.05, 0.1) is 52.5 Å². The SMILES string of the molecule is CCCCCCCCCCOC(=O)C[N+](CC)(CC)c1ccc(C=NCCN=Cc2ccc([N+](CC)(CC)CC(=O)OCCCCCCCC)cc2)cc1.[Cl-].[Cl-]. The molecule has 10 heteroatoms. The Morgan fingerprint density at radius 3 is 1.09 bits per heavy atom. The number of hydrogen-bond donors (Lipinski definition) is 0. The fourth-order valence-corrected chi connectivity index (χ4v) is 7.09. The zero-order valence-corrected chi connectivity index (χ0v) is 37.4. The van der Waals surface area contributed by atoms with Crippen LogP contribution in [0.25, 0.3) is 0 Å². The molecule has 0 aliphatic carbocycles. The zero-order chi connectivity index (χ0) is 39.3. The van der Waals surface area contributed by atoms with Gasteiger partial charge in [-0.3, -0.25) is 19.0 Å². The van der Waals surface area contributed by atoms with Gasteiger partial charge < -0.3 is 34.3 Å². The summed E-state index contributed by atoms with van der Waals surface area (Å²) in [5.74, 6) is -0.237. The number of rotatable bonds is 31. The monoisotopic (exact) mass is 819 g/mol. The molecular formula is C46H76Cl2N4O4. The molecule has 0 aromatic heterocycles. The Bertz CT molecular complexity index is 1340. The van der Waals surface area contributed by atoms with E-state index in [1.165, 1.54) is 64.2 Å². The van der Waals surface area contributed by atoms with Crippen molar-refractivity contribution in [2.24, 2.45) is 9.98 Å². The van der Waals surface area contributed by atoms with E-state index in [-0.39, 0.29) is 36.8 Å². The van der Waals surface area contributed by atoms with E-state index < -0.39 is 0 Å². The molecule has 0 radical (unpaired) electrons. The van der Waals surface area contributed by atoms with E-state index in [2.05, 4.69) is 100 Å². The first kappa shape index (κ1) is 53.2. The second kappa shape index (κ2) is 32.2. The number of carbonyl (C=O) groups is 2. The summed E-state index contributed by atoms with van der Waals surface area (Å²) in [7, 11) is 0. The van der Waals surface area contributed by atoms with Gasteiger partial charge in [-0.25, -0.2) is 9.59 Å². The van der Waals surface area contributed by atoms with Gasteiger partial charge in [-0.15, -0.1) is 0 Å². The van der Waals surface area contributed by atoms with Crippen LogP contribution >= 0.6 is 0 Å². The second-order valence-electron chi connectivity index (χ2n) is 14.8. The molecule has 318 valence electrons. The predicted molar refractivity (Wildman–Crippen MR) is 231 cm³/mol. The predicted octanol–water partition coefficient (Wildman–Crippen LogP) is 4.51. The van der Waals surface area contributed by atoms with Crippen molar-refractivity contribution in [1.82, 2.24) is 8.97 Å². The van der Waals surface area contributed by atoms with Crippen LogP contribution in [0, 0.1) is 0 Å². The number of carbonyl (C=O) groups excluding carboxylic acids is 2. The topological polar surface area (TPSA) is 77.3 Å². The number of likely N-dealkylation sites (N-methyl/N-ethyl adjacent to an activating group) is 2. The Labute approximate surface area is 353 Å². The standard InChI is InChI=1S/C46H76N4O4.2ClH/c1-7-13-15-17-19-20-22-24-36-54-46(52)40-50(11-5,12-6)44-31-27-42(28-32-44)38-48-34-33-47-37-41-25-29-43(30-26-41)49(9-3,10-4)39-45(51)53-35-23-21-18-16-14-8-2;;/h25-32,37-38H,7-24,33-36,39-40H2,1-6H3;2*1H/q+2;;/p-2. The maximum Gasteiger partial charge on any atom is 0.362 e. The second-order valence-corrected chi connectivity index (χ2v) is 14.8. The molecule has 0 amide bonds. The van der Waals surface area contributed by atoms with Gasteiger partial charge in [0, 0.05) is 12.4 Å². The molecule has 0 spiro atoms. The summed E-state index contributed by atoms with van der Waals surface area (Å²) in [5.41, 5.74) is 4.29. The Morgan fingerprint density at radius 2 is 0.786 bits per heavy atom.